The van der Waals surface area contributed by atoms with Crippen LogP contribution in [0.5, 0.6) is 0 Å². The molecule has 0 amide bonds. The minimum Gasteiger partial charge on any atom is -0.326 e. The maximum absolute atomic E-state index is 5.49. The highest BCUT2D eigenvalue weighted by Crippen LogP contribution is 2.09. The lowest BCUT2D eigenvalue weighted by Crippen LogP contribution is -2.02. The summed E-state index contributed by atoms with van der Waals surface area (Å²) in [5.74, 6) is 0. The van der Waals surface area contributed by atoms with Gasteiger partial charge in [0.1, 0.15) is 0 Å². The molecule has 0 bridgehead atoms. The van der Waals surface area contributed by atoms with Gasteiger partial charge < -0.3 is 11.5 Å². The summed E-state index contributed by atoms with van der Waals surface area (Å²) in [4.78, 5) is 0. The molecule has 2 heteroatoms. The molecule has 0 saturated heterocycles. The first-order valence-electron chi connectivity index (χ1n) is 3.62. The summed E-state index contributed by atoms with van der Waals surface area (Å²) in [5, 5.41) is 0. The Labute approximate surface area is 67.2 Å². The van der Waals surface area contributed by atoms with E-state index in [4.69, 9.17) is 11.5 Å². The number of hydrogen-bond acceptors (Lipinski definition) is 2. The van der Waals surface area contributed by atoms with Gasteiger partial charge in [-0.15, -0.1) is 0 Å². The van der Waals surface area contributed by atoms with Crippen LogP contribution in [0.2, 0.25) is 0 Å². The zero-order valence-electron chi connectivity index (χ0n) is 6.51. The van der Waals surface area contributed by atoms with Crippen molar-refractivity contribution in [1.82, 2.24) is 0 Å². The molecule has 1 aromatic rings. The van der Waals surface area contributed by atoms with E-state index in [1.165, 1.54) is 0 Å². The number of benzene rings is 1. The second-order valence-electron chi connectivity index (χ2n) is 2.51. The average Bonchev–Trinajstić information content (AvgIpc) is 2.05. The summed E-state index contributed by atoms with van der Waals surface area (Å²) in [6.45, 7) is 4.94. The van der Waals surface area contributed by atoms with Gasteiger partial charge in [-0.3, -0.25) is 0 Å². The molecule has 0 aliphatic heterocycles. The molecule has 0 unspecified atom stereocenters. The van der Waals surface area contributed by atoms with E-state index >= 15 is 0 Å². The minimum absolute atomic E-state index is 0.534. The van der Waals surface area contributed by atoms with Crippen molar-refractivity contribution in [3.8, 4) is 0 Å². The van der Waals surface area contributed by atoms with E-state index in [1.807, 2.05) is 18.2 Å². The minimum atomic E-state index is 0.534. The molecule has 59 valence electrons. The van der Waals surface area contributed by atoms with Crippen molar-refractivity contribution in [2.75, 3.05) is 0 Å². The van der Waals surface area contributed by atoms with Crippen LogP contribution in [0.4, 0.5) is 0 Å². The first kappa shape index (κ1) is 8.24. The first-order valence-corrected chi connectivity index (χ1v) is 3.62. The molecule has 11 heavy (non-hydrogen) atoms. The lowest BCUT2D eigenvalue weighted by molar-refractivity contribution is 1.02. The number of nitrogens with two attached hydrogens (primary N) is 2. The van der Waals surface area contributed by atoms with Crippen molar-refractivity contribution < 1.29 is 0 Å². The van der Waals surface area contributed by atoms with Crippen LogP contribution < -0.4 is 11.5 Å². The molecule has 2 nitrogen and oxygen atoms in total. The highest BCUT2D eigenvalue weighted by molar-refractivity contribution is 5.33. The van der Waals surface area contributed by atoms with E-state index in [1.54, 1.807) is 0 Å². The largest absolute Gasteiger partial charge is 0.326 e. The highest BCUT2D eigenvalue weighted by Gasteiger charge is 1.96. The van der Waals surface area contributed by atoms with Gasteiger partial charge in [-0.05, 0) is 23.6 Å². The fourth-order valence-electron chi connectivity index (χ4n) is 0.996. The molecule has 0 saturated carbocycles. The van der Waals surface area contributed by atoms with Gasteiger partial charge in [0.25, 0.3) is 0 Å². The maximum atomic E-state index is 5.49. The van der Waals surface area contributed by atoms with Gasteiger partial charge in [0, 0.05) is 13.1 Å². The molecule has 0 atom stereocenters. The van der Waals surface area contributed by atoms with Gasteiger partial charge in [-0.25, -0.2) is 0 Å². The van der Waals surface area contributed by atoms with Gasteiger partial charge in [0.05, 0.1) is 0 Å². The SMILES string of the molecule is [CH2]c1ccc(CN)cc1CN. The van der Waals surface area contributed by atoms with Crippen molar-refractivity contribution in [2.45, 2.75) is 13.1 Å². The van der Waals surface area contributed by atoms with Crippen molar-refractivity contribution >= 4 is 0 Å². The molecule has 0 heterocycles. The Balaban J connectivity index is 3.02. The summed E-state index contributed by atoms with van der Waals surface area (Å²) in [7, 11) is 0. The van der Waals surface area contributed by atoms with Crippen LogP contribution in [0.1, 0.15) is 16.7 Å². The van der Waals surface area contributed by atoms with E-state index in [0.29, 0.717) is 13.1 Å². The lowest BCUT2D eigenvalue weighted by Gasteiger charge is -2.04. The third kappa shape index (κ3) is 1.79. The van der Waals surface area contributed by atoms with Crippen LogP contribution in [0, 0.1) is 6.92 Å². The van der Waals surface area contributed by atoms with Gasteiger partial charge >= 0.3 is 0 Å². The topological polar surface area (TPSA) is 52.0 Å². The van der Waals surface area contributed by atoms with Crippen molar-refractivity contribution in [3.05, 3.63) is 41.8 Å². The Kier molecular flexibility index (Phi) is 2.63. The monoisotopic (exact) mass is 149 g/mol. The lowest BCUT2D eigenvalue weighted by atomic mass is 10.1. The summed E-state index contributed by atoms with van der Waals surface area (Å²) < 4.78 is 0. The smallest absolute Gasteiger partial charge is 0.0180 e. The predicted molar refractivity (Wildman–Crippen MR) is 46.7 cm³/mol. The van der Waals surface area contributed by atoms with E-state index in [2.05, 4.69) is 6.92 Å². The van der Waals surface area contributed by atoms with Crippen LogP contribution in [0.15, 0.2) is 18.2 Å². The van der Waals surface area contributed by atoms with Crippen molar-refractivity contribution in [3.63, 3.8) is 0 Å². The first-order chi connectivity index (χ1) is 5.27. The Morgan fingerprint density at radius 3 is 2.45 bits per heavy atom. The van der Waals surface area contributed by atoms with E-state index in [0.717, 1.165) is 16.7 Å². The summed E-state index contributed by atoms with van der Waals surface area (Å²) in [5.41, 5.74) is 14.1. The molecule has 0 aromatic heterocycles. The molecule has 4 N–H and O–H groups in total. The second kappa shape index (κ2) is 3.51. The molecule has 0 aliphatic carbocycles. The van der Waals surface area contributed by atoms with Gasteiger partial charge in [0.15, 0.2) is 0 Å². The molecule has 1 aromatic carbocycles. The van der Waals surface area contributed by atoms with Crippen molar-refractivity contribution in [1.29, 1.82) is 0 Å². The maximum Gasteiger partial charge on any atom is 0.0180 e. The van der Waals surface area contributed by atoms with Crippen LogP contribution in [0.3, 0.4) is 0 Å². The number of hydrogen-bond donors (Lipinski definition) is 2. The van der Waals surface area contributed by atoms with Gasteiger partial charge in [-0.2, -0.15) is 0 Å². The standard InChI is InChI=1S/C9H13N2/c1-7-2-3-8(5-10)4-9(7)6-11/h2-4H,1,5-6,10-11H2. The summed E-state index contributed by atoms with van der Waals surface area (Å²) in [6, 6.07) is 5.92. The molecule has 1 radical (unpaired) electrons. The predicted octanol–water partition coefficient (Wildman–Crippen LogP) is 0.786. The fourth-order valence-corrected chi connectivity index (χ4v) is 0.996. The Hall–Kier alpha value is -0.860. The third-order valence-electron chi connectivity index (χ3n) is 1.73. The van der Waals surface area contributed by atoms with Crippen LogP contribution in [-0.2, 0) is 13.1 Å². The third-order valence-corrected chi connectivity index (χ3v) is 1.73. The quantitative estimate of drug-likeness (QED) is 0.653. The second-order valence-corrected chi connectivity index (χ2v) is 2.51. The van der Waals surface area contributed by atoms with E-state index < -0.39 is 0 Å². The Bertz CT molecular complexity index is 243. The molecule has 0 spiro atoms. The molecular weight excluding hydrogens is 136 g/mol. The van der Waals surface area contributed by atoms with Gasteiger partial charge in [0.2, 0.25) is 0 Å². The average molecular weight is 149 g/mol. The zero-order chi connectivity index (χ0) is 8.27. The Morgan fingerprint density at radius 2 is 1.91 bits per heavy atom. The van der Waals surface area contributed by atoms with Gasteiger partial charge in [-0.1, -0.05) is 18.2 Å². The molecular formula is C9H13N2. The van der Waals surface area contributed by atoms with Crippen LogP contribution in [-0.4, -0.2) is 0 Å². The Morgan fingerprint density at radius 1 is 1.18 bits per heavy atom. The normalized spacial score (nSPS) is 10.1. The number of rotatable bonds is 2. The van der Waals surface area contributed by atoms with Crippen molar-refractivity contribution in [2.24, 2.45) is 11.5 Å². The molecule has 0 aliphatic rings. The highest BCUT2D eigenvalue weighted by atomic mass is 14.5. The summed E-state index contributed by atoms with van der Waals surface area (Å²) in [6.07, 6.45) is 0. The van der Waals surface area contributed by atoms with Crippen LogP contribution >= 0.6 is 0 Å². The van der Waals surface area contributed by atoms with E-state index in [-0.39, 0.29) is 0 Å². The molecule has 0 fully saturated rings. The summed E-state index contributed by atoms with van der Waals surface area (Å²) >= 11 is 0. The van der Waals surface area contributed by atoms with Crippen LogP contribution in [0.25, 0.3) is 0 Å². The molecule has 1 rings (SSSR count). The zero-order valence-corrected chi connectivity index (χ0v) is 6.51. The fraction of sp³-hybridized carbons (Fsp3) is 0.222. The van der Waals surface area contributed by atoms with E-state index in [9.17, 15) is 0 Å².